The third kappa shape index (κ3) is 4.87. The zero-order valence-electron chi connectivity index (χ0n) is 14.9. The van der Waals surface area contributed by atoms with E-state index < -0.39 is 0 Å². The lowest BCUT2D eigenvalue weighted by atomic mass is 10.1. The molecule has 0 saturated carbocycles. The van der Waals surface area contributed by atoms with Gasteiger partial charge >= 0.3 is 0 Å². The van der Waals surface area contributed by atoms with Gasteiger partial charge in [-0.25, -0.2) is 0 Å². The van der Waals surface area contributed by atoms with Gasteiger partial charge in [-0.3, -0.25) is 4.79 Å². The molecular weight excluding hydrogens is 340 g/mol. The van der Waals surface area contributed by atoms with Gasteiger partial charge in [-0.2, -0.15) is 0 Å². The standard InChI is InChI=1S/C19H23ClN2O3/c1-12-9-16(18(25-4)10-15(12)20)22-19(23)11-21-13(2)14-7-5-6-8-17(14)24-3/h5-10,13,21H,11H2,1-4H3,(H,22,23)/t13-/m1/s1. The summed E-state index contributed by atoms with van der Waals surface area (Å²) in [6.45, 7) is 4.02. The quantitative estimate of drug-likeness (QED) is 0.782. The molecule has 0 fully saturated rings. The largest absolute Gasteiger partial charge is 0.496 e. The minimum atomic E-state index is -0.165. The molecule has 0 aliphatic heterocycles. The number of hydrogen-bond donors (Lipinski definition) is 2. The van der Waals surface area contributed by atoms with Gasteiger partial charge in [0, 0.05) is 22.7 Å². The summed E-state index contributed by atoms with van der Waals surface area (Å²) in [6, 6.07) is 11.2. The normalized spacial score (nSPS) is 11.7. The molecule has 0 aromatic heterocycles. The van der Waals surface area contributed by atoms with E-state index in [0.717, 1.165) is 16.9 Å². The van der Waals surface area contributed by atoms with Gasteiger partial charge in [0.05, 0.1) is 26.5 Å². The fraction of sp³-hybridized carbons (Fsp3) is 0.316. The lowest BCUT2D eigenvalue weighted by Gasteiger charge is -2.17. The number of carbonyl (C=O) groups excluding carboxylic acids is 1. The molecule has 0 heterocycles. The first-order valence-electron chi connectivity index (χ1n) is 7.96. The highest BCUT2D eigenvalue weighted by Gasteiger charge is 2.14. The molecule has 0 radical (unpaired) electrons. The average Bonchev–Trinajstić information content (AvgIpc) is 2.62. The number of carbonyl (C=O) groups is 1. The van der Waals surface area contributed by atoms with Crippen molar-refractivity contribution >= 4 is 23.2 Å². The van der Waals surface area contributed by atoms with E-state index in [1.807, 2.05) is 38.1 Å². The summed E-state index contributed by atoms with van der Waals surface area (Å²) < 4.78 is 10.6. The lowest BCUT2D eigenvalue weighted by molar-refractivity contribution is -0.115. The maximum absolute atomic E-state index is 12.3. The van der Waals surface area contributed by atoms with Crippen LogP contribution in [0.15, 0.2) is 36.4 Å². The summed E-state index contributed by atoms with van der Waals surface area (Å²) in [6.07, 6.45) is 0. The number of halogens is 1. The van der Waals surface area contributed by atoms with Crippen LogP contribution >= 0.6 is 11.6 Å². The fourth-order valence-electron chi connectivity index (χ4n) is 2.50. The highest BCUT2D eigenvalue weighted by Crippen LogP contribution is 2.31. The summed E-state index contributed by atoms with van der Waals surface area (Å²) in [5.74, 6) is 1.15. The topological polar surface area (TPSA) is 59.6 Å². The minimum absolute atomic E-state index is 0.0317. The summed E-state index contributed by atoms with van der Waals surface area (Å²) in [5, 5.41) is 6.64. The number of benzene rings is 2. The number of nitrogens with one attached hydrogen (secondary N) is 2. The maximum Gasteiger partial charge on any atom is 0.238 e. The first-order valence-corrected chi connectivity index (χ1v) is 8.34. The number of rotatable bonds is 7. The molecule has 0 aliphatic rings. The zero-order chi connectivity index (χ0) is 18.4. The van der Waals surface area contributed by atoms with Crippen LogP contribution in [-0.2, 0) is 4.79 Å². The molecule has 2 N–H and O–H groups in total. The SMILES string of the molecule is COc1cc(Cl)c(C)cc1NC(=O)CN[C@H](C)c1ccccc1OC. The molecule has 25 heavy (non-hydrogen) atoms. The Kier molecular flexibility index (Phi) is 6.67. The Morgan fingerprint density at radius 2 is 1.84 bits per heavy atom. The van der Waals surface area contributed by atoms with Gasteiger partial charge in [0.2, 0.25) is 5.91 Å². The van der Waals surface area contributed by atoms with E-state index in [-0.39, 0.29) is 18.5 Å². The number of ether oxygens (including phenoxy) is 2. The van der Waals surface area contributed by atoms with Crippen LogP contribution in [0.1, 0.15) is 24.1 Å². The molecule has 6 heteroatoms. The molecular formula is C19H23ClN2O3. The Balaban J connectivity index is 2.00. The zero-order valence-corrected chi connectivity index (χ0v) is 15.6. The molecule has 0 aliphatic carbocycles. The van der Waals surface area contributed by atoms with Gasteiger partial charge < -0.3 is 20.1 Å². The van der Waals surface area contributed by atoms with Crippen LogP contribution in [0, 0.1) is 6.92 Å². The number of aryl methyl sites for hydroxylation is 1. The summed E-state index contributed by atoms with van der Waals surface area (Å²) in [5.41, 5.74) is 2.46. The molecule has 2 rings (SSSR count). The first-order chi connectivity index (χ1) is 12.0. The first kappa shape index (κ1) is 19.1. The Hall–Kier alpha value is -2.24. The maximum atomic E-state index is 12.3. The Bertz CT molecular complexity index is 749. The van der Waals surface area contributed by atoms with Crippen molar-refractivity contribution < 1.29 is 14.3 Å². The van der Waals surface area contributed by atoms with Crippen LogP contribution in [0.2, 0.25) is 5.02 Å². The van der Waals surface area contributed by atoms with Crippen molar-refractivity contribution in [2.24, 2.45) is 0 Å². The van der Waals surface area contributed by atoms with E-state index >= 15 is 0 Å². The number of methoxy groups -OCH3 is 2. The molecule has 5 nitrogen and oxygen atoms in total. The van der Waals surface area contributed by atoms with Crippen molar-refractivity contribution in [3.05, 3.63) is 52.5 Å². The Labute approximate surface area is 153 Å². The second-order valence-electron chi connectivity index (χ2n) is 5.69. The van der Waals surface area contributed by atoms with Gasteiger partial charge in [-0.1, -0.05) is 29.8 Å². The van der Waals surface area contributed by atoms with Gasteiger partial charge in [0.25, 0.3) is 0 Å². The summed E-state index contributed by atoms with van der Waals surface area (Å²) >= 11 is 6.08. The van der Waals surface area contributed by atoms with E-state index in [0.29, 0.717) is 16.5 Å². The van der Waals surface area contributed by atoms with Gasteiger partial charge in [-0.15, -0.1) is 0 Å². The third-order valence-electron chi connectivity index (χ3n) is 3.93. The van der Waals surface area contributed by atoms with Gasteiger partial charge in [-0.05, 0) is 31.5 Å². The molecule has 2 aromatic rings. The molecule has 1 atom stereocenters. The lowest BCUT2D eigenvalue weighted by Crippen LogP contribution is -2.30. The molecule has 134 valence electrons. The number of anilines is 1. The highest BCUT2D eigenvalue weighted by atomic mass is 35.5. The van der Waals surface area contributed by atoms with E-state index in [9.17, 15) is 4.79 Å². The third-order valence-corrected chi connectivity index (χ3v) is 4.34. The van der Waals surface area contributed by atoms with Crippen molar-refractivity contribution in [1.82, 2.24) is 5.32 Å². The van der Waals surface area contributed by atoms with Crippen molar-refractivity contribution in [3.8, 4) is 11.5 Å². The Morgan fingerprint density at radius 3 is 2.52 bits per heavy atom. The second-order valence-corrected chi connectivity index (χ2v) is 6.10. The fourth-order valence-corrected chi connectivity index (χ4v) is 2.66. The van der Waals surface area contributed by atoms with Gasteiger partial charge in [0.15, 0.2) is 0 Å². The van der Waals surface area contributed by atoms with E-state index in [1.54, 1.807) is 26.4 Å². The van der Waals surface area contributed by atoms with Crippen molar-refractivity contribution in [2.75, 3.05) is 26.1 Å². The van der Waals surface area contributed by atoms with Crippen molar-refractivity contribution in [3.63, 3.8) is 0 Å². The van der Waals surface area contributed by atoms with Crippen LogP contribution in [0.25, 0.3) is 0 Å². The molecule has 2 aromatic carbocycles. The smallest absolute Gasteiger partial charge is 0.238 e. The van der Waals surface area contributed by atoms with E-state index in [4.69, 9.17) is 21.1 Å². The van der Waals surface area contributed by atoms with Crippen LogP contribution in [-0.4, -0.2) is 26.7 Å². The predicted molar refractivity (Wildman–Crippen MR) is 101 cm³/mol. The van der Waals surface area contributed by atoms with Crippen LogP contribution in [0.4, 0.5) is 5.69 Å². The number of para-hydroxylation sites is 1. The molecule has 0 spiro atoms. The molecule has 0 unspecified atom stereocenters. The van der Waals surface area contributed by atoms with Crippen LogP contribution in [0.3, 0.4) is 0 Å². The van der Waals surface area contributed by atoms with Crippen LogP contribution in [0.5, 0.6) is 11.5 Å². The van der Waals surface area contributed by atoms with Crippen molar-refractivity contribution in [2.45, 2.75) is 19.9 Å². The van der Waals surface area contributed by atoms with E-state index in [2.05, 4.69) is 10.6 Å². The highest BCUT2D eigenvalue weighted by molar-refractivity contribution is 6.31. The summed E-state index contributed by atoms with van der Waals surface area (Å²) in [4.78, 5) is 12.3. The van der Waals surface area contributed by atoms with Crippen LogP contribution < -0.4 is 20.1 Å². The minimum Gasteiger partial charge on any atom is -0.496 e. The summed E-state index contributed by atoms with van der Waals surface area (Å²) in [7, 11) is 3.17. The number of hydrogen-bond acceptors (Lipinski definition) is 4. The van der Waals surface area contributed by atoms with Gasteiger partial charge in [0.1, 0.15) is 11.5 Å². The van der Waals surface area contributed by atoms with Crippen molar-refractivity contribution in [1.29, 1.82) is 0 Å². The molecule has 0 saturated heterocycles. The van der Waals surface area contributed by atoms with E-state index in [1.165, 1.54) is 0 Å². The molecule has 0 bridgehead atoms. The number of amides is 1. The average molecular weight is 363 g/mol. The second kappa shape index (κ2) is 8.74. The molecule has 1 amide bonds. The Morgan fingerprint density at radius 1 is 1.16 bits per heavy atom. The monoisotopic (exact) mass is 362 g/mol. The predicted octanol–water partition coefficient (Wildman–Crippen LogP) is 3.95.